The van der Waals surface area contributed by atoms with Crippen molar-refractivity contribution in [3.8, 4) is 0 Å². The third kappa shape index (κ3) is 4.61. The van der Waals surface area contributed by atoms with E-state index in [1.165, 1.54) is 11.8 Å². The average molecular weight is 315 g/mol. The van der Waals surface area contributed by atoms with Crippen molar-refractivity contribution in [3.05, 3.63) is 65.7 Å². The molecule has 4 heteroatoms. The van der Waals surface area contributed by atoms with Gasteiger partial charge in [-0.1, -0.05) is 42.5 Å². The largest absolute Gasteiger partial charge is 0.387 e. The van der Waals surface area contributed by atoms with Gasteiger partial charge in [0.2, 0.25) is 5.91 Å². The van der Waals surface area contributed by atoms with Gasteiger partial charge in [0.1, 0.15) is 0 Å². The SMILES string of the molecule is Cc1ccccc1C(O)CNC(=O)C(C)Sc1ccccc1. The van der Waals surface area contributed by atoms with E-state index in [9.17, 15) is 9.90 Å². The van der Waals surface area contributed by atoms with Crippen LogP contribution in [-0.4, -0.2) is 22.8 Å². The first-order valence-corrected chi connectivity index (χ1v) is 8.19. The molecule has 22 heavy (non-hydrogen) atoms. The number of aliphatic hydroxyl groups excluding tert-OH is 1. The van der Waals surface area contributed by atoms with E-state index in [0.29, 0.717) is 0 Å². The van der Waals surface area contributed by atoms with Gasteiger partial charge in [0.05, 0.1) is 11.4 Å². The van der Waals surface area contributed by atoms with Crippen molar-refractivity contribution >= 4 is 17.7 Å². The van der Waals surface area contributed by atoms with E-state index in [1.54, 1.807) is 0 Å². The Morgan fingerprint density at radius 2 is 1.77 bits per heavy atom. The van der Waals surface area contributed by atoms with E-state index in [1.807, 2.05) is 68.4 Å². The lowest BCUT2D eigenvalue weighted by Crippen LogP contribution is -2.34. The molecule has 2 N–H and O–H groups in total. The van der Waals surface area contributed by atoms with Gasteiger partial charge in [-0.2, -0.15) is 0 Å². The normalized spacial score (nSPS) is 13.4. The lowest BCUT2D eigenvalue weighted by molar-refractivity contribution is -0.120. The fourth-order valence-electron chi connectivity index (χ4n) is 2.17. The van der Waals surface area contributed by atoms with Crippen LogP contribution >= 0.6 is 11.8 Å². The van der Waals surface area contributed by atoms with Crippen molar-refractivity contribution in [1.29, 1.82) is 0 Å². The molecule has 0 spiro atoms. The van der Waals surface area contributed by atoms with E-state index in [0.717, 1.165) is 16.0 Å². The van der Waals surface area contributed by atoms with Crippen LogP contribution < -0.4 is 5.32 Å². The number of thioether (sulfide) groups is 1. The van der Waals surface area contributed by atoms with Crippen molar-refractivity contribution < 1.29 is 9.90 Å². The molecule has 2 atom stereocenters. The zero-order valence-electron chi connectivity index (χ0n) is 12.8. The van der Waals surface area contributed by atoms with Crippen LogP contribution in [0, 0.1) is 6.92 Å². The monoisotopic (exact) mass is 315 g/mol. The minimum Gasteiger partial charge on any atom is -0.387 e. The van der Waals surface area contributed by atoms with Crippen LogP contribution in [0.15, 0.2) is 59.5 Å². The van der Waals surface area contributed by atoms with E-state index >= 15 is 0 Å². The molecule has 0 fully saturated rings. The lowest BCUT2D eigenvalue weighted by Gasteiger charge is -2.16. The van der Waals surface area contributed by atoms with Crippen molar-refractivity contribution in [2.75, 3.05) is 6.54 Å². The molecule has 0 saturated carbocycles. The second kappa shape index (κ2) is 8.01. The minimum atomic E-state index is -0.681. The van der Waals surface area contributed by atoms with Crippen molar-refractivity contribution in [2.45, 2.75) is 30.1 Å². The van der Waals surface area contributed by atoms with Crippen LogP contribution in [0.1, 0.15) is 24.2 Å². The van der Waals surface area contributed by atoms with E-state index < -0.39 is 6.10 Å². The van der Waals surface area contributed by atoms with Crippen molar-refractivity contribution in [2.24, 2.45) is 0 Å². The number of aliphatic hydroxyl groups is 1. The van der Waals surface area contributed by atoms with Crippen LogP contribution in [0.4, 0.5) is 0 Å². The summed E-state index contributed by atoms with van der Waals surface area (Å²) in [6.07, 6.45) is -0.681. The van der Waals surface area contributed by atoms with Crippen molar-refractivity contribution in [3.63, 3.8) is 0 Å². The first kappa shape index (κ1) is 16.6. The molecule has 0 aromatic heterocycles. The van der Waals surface area contributed by atoms with Crippen LogP contribution in [0.5, 0.6) is 0 Å². The summed E-state index contributed by atoms with van der Waals surface area (Å²) in [4.78, 5) is 13.2. The number of carbonyl (C=O) groups is 1. The molecule has 0 radical (unpaired) electrons. The first-order valence-electron chi connectivity index (χ1n) is 7.31. The smallest absolute Gasteiger partial charge is 0.233 e. The van der Waals surface area contributed by atoms with Crippen molar-refractivity contribution in [1.82, 2.24) is 5.32 Å². The molecule has 2 rings (SSSR count). The predicted molar refractivity (Wildman–Crippen MR) is 90.9 cm³/mol. The van der Waals surface area contributed by atoms with Gasteiger partial charge in [0, 0.05) is 11.4 Å². The second-order valence-corrected chi connectivity index (χ2v) is 6.60. The highest BCUT2D eigenvalue weighted by molar-refractivity contribution is 8.00. The maximum Gasteiger partial charge on any atom is 0.233 e. The maximum atomic E-state index is 12.1. The Morgan fingerprint density at radius 1 is 1.14 bits per heavy atom. The fourth-order valence-corrected chi connectivity index (χ4v) is 3.08. The van der Waals surface area contributed by atoms with Crippen LogP contribution in [-0.2, 0) is 4.79 Å². The molecule has 0 bridgehead atoms. The van der Waals surface area contributed by atoms with Gasteiger partial charge in [-0.3, -0.25) is 4.79 Å². The van der Waals surface area contributed by atoms with Gasteiger partial charge >= 0.3 is 0 Å². The summed E-state index contributed by atoms with van der Waals surface area (Å²) in [5, 5.41) is 12.8. The van der Waals surface area contributed by atoms with E-state index in [4.69, 9.17) is 0 Å². The molecular formula is C18H21NO2S. The molecule has 116 valence electrons. The molecular weight excluding hydrogens is 294 g/mol. The van der Waals surface area contributed by atoms with E-state index in [2.05, 4.69) is 5.32 Å². The highest BCUT2D eigenvalue weighted by Crippen LogP contribution is 2.23. The van der Waals surface area contributed by atoms with Gasteiger partial charge in [-0.05, 0) is 37.1 Å². The third-order valence-electron chi connectivity index (χ3n) is 3.44. The maximum absolute atomic E-state index is 12.1. The summed E-state index contributed by atoms with van der Waals surface area (Å²) >= 11 is 1.51. The quantitative estimate of drug-likeness (QED) is 0.804. The summed E-state index contributed by atoms with van der Waals surface area (Å²) in [6, 6.07) is 17.5. The Labute approximate surface area is 135 Å². The Bertz CT molecular complexity index is 615. The first-order chi connectivity index (χ1) is 10.6. The summed E-state index contributed by atoms with van der Waals surface area (Å²) in [5.41, 5.74) is 1.88. The van der Waals surface area contributed by atoms with Gasteiger partial charge in [0.15, 0.2) is 0 Å². The molecule has 0 saturated heterocycles. The number of benzene rings is 2. The molecule has 2 unspecified atom stereocenters. The number of rotatable bonds is 6. The number of amides is 1. The number of hydrogen-bond acceptors (Lipinski definition) is 3. The topological polar surface area (TPSA) is 49.3 Å². The number of carbonyl (C=O) groups excluding carboxylic acids is 1. The predicted octanol–water partition coefficient (Wildman–Crippen LogP) is 3.33. The molecule has 2 aromatic rings. The average Bonchev–Trinajstić information content (AvgIpc) is 2.53. The Hall–Kier alpha value is -1.78. The zero-order chi connectivity index (χ0) is 15.9. The molecule has 1 amide bonds. The minimum absolute atomic E-state index is 0.0681. The molecule has 0 aliphatic heterocycles. The number of hydrogen-bond donors (Lipinski definition) is 2. The lowest BCUT2D eigenvalue weighted by atomic mass is 10.0. The molecule has 0 heterocycles. The zero-order valence-corrected chi connectivity index (χ0v) is 13.6. The van der Waals surface area contributed by atoms with Gasteiger partial charge < -0.3 is 10.4 Å². The second-order valence-electron chi connectivity index (χ2n) is 5.19. The molecule has 3 nitrogen and oxygen atoms in total. The number of aryl methyl sites for hydroxylation is 1. The highest BCUT2D eigenvalue weighted by atomic mass is 32.2. The molecule has 2 aromatic carbocycles. The van der Waals surface area contributed by atoms with Crippen LogP contribution in [0.2, 0.25) is 0 Å². The Balaban J connectivity index is 1.86. The van der Waals surface area contributed by atoms with Crippen LogP contribution in [0.3, 0.4) is 0 Å². The van der Waals surface area contributed by atoms with Gasteiger partial charge in [-0.15, -0.1) is 11.8 Å². The third-order valence-corrected chi connectivity index (χ3v) is 4.55. The van der Waals surface area contributed by atoms with Gasteiger partial charge in [0.25, 0.3) is 0 Å². The summed E-state index contributed by atoms with van der Waals surface area (Å²) < 4.78 is 0. The fraction of sp³-hybridized carbons (Fsp3) is 0.278. The van der Waals surface area contributed by atoms with Crippen LogP contribution in [0.25, 0.3) is 0 Å². The summed E-state index contributed by atoms with van der Waals surface area (Å²) in [6.45, 7) is 4.05. The highest BCUT2D eigenvalue weighted by Gasteiger charge is 2.16. The molecule has 0 aliphatic rings. The molecule has 0 aliphatic carbocycles. The Kier molecular flexibility index (Phi) is 6.04. The van der Waals surface area contributed by atoms with E-state index in [-0.39, 0.29) is 17.7 Å². The standard InChI is InChI=1S/C18H21NO2S/c1-13-8-6-7-11-16(13)17(20)12-19-18(21)14(2)22-15-9-4-3-5-10-15/h3-11,14,17,20H,12H2,1-2H3,(H,19,21). The Morgan fingerprint density at radius 3 is 2.45 bits per heavy atom. The number of nitrogens with one attached hydrogen (secondary N) is 1. The summed E-state index contributed by atoms with van der Waals surface area (Å²) in [5.74, 6) is -0.0681. The summed E-state index contributed by atoms with van der Waals surface area (Å²) in [7, 11) is 0. The van der Waals surface area contributed by atoms with Gasteiger partial charge in [-0.25, -0.2) is 0 Å².